The highest BCUT2D eigenvalue weighted by atomic mass is 35.5. The van der Waals surface area contributed by atoms with E-state index in [1.54, 1.807) is 6.20 Å². The molecule has 1 N–H and O–H groups in total. The van der Waals surface area contributed by atoms with Gasteiger partial charge in [0, 0.05) is 32.7 Å². The summed E-state index contributed by atoms with van der Waals surface area (Å²) in [6.45, 7) is 4.73. The van der Waals surface area contributed by atoms with Crippen molar-refractivity contribution in [2.24, 2.45) is 5.92 Å². The molecule has 0 aromatic carbocycles. The Labute approximate surface area is 144 Å². The predicted octanol–water partition coefficient (Wildman–Crippen LogP) is 2.96. The summed E-state index contributed by atoms with van der Waals surface area (Å²) < 4.78 is 0.710. The van der Waals surface area contributed by atoms with Crippen LogP contribution in [0.3, 0.4) is 0 Å². The zero-order valence-electron chi connectivity index (χ0n) is 12.8. The first-order valence-corrected chi connectivity index (χ1v) is 9.21. The summed E-state index contributed by atoms with van der Waals surface area (Å²) in [5, 5.41) is 7.01. The number of halogens is 1. The second-order valence-electron chi connectivity index (χ2n) is 6.30. The number of thiophene rings is 1. The standard InChI is InChI=1S/C16H19ClN4OS/c17-14-4-3-13(23-14)15-12(9-18-19-15)16(22)21-7-5-20(6-8-21)10-11-1-2-11/h3-4,9,11H,1-2,5-8,10H2,(H,18,19). The molecule has 3 heterocycles. The molecule has 2 aromatic rings. The van der Waals surface area contributed by atoms with E-state index >= 15 is 0 Å². The zero-order chi connectivity index (χ0) is 15.8. The molecule has 1 saturated carbocycles. The number of carbonyl (C=O) groups is 1. The van der Waals surface area contributed by atoms with Crippen LogP contribution in [0.1, 0.15) is 23.2 Å². The van der Waals surface area contributed by atoms with Gasteiger partial charge in [-0.15, -0.1) is 11.3 Å². The minimum absolute atomic E-state index is 0.0596. The van der Waals surface area contributed by atoms with Crippen molar-refractivity contribution >= 4 is 28.8 Å². The monoisotopic (exact) mass is 350 g/mol. The number of hydrogen-bond acceptors (Lipinski definition) is 4. The number of piperazine rings is 1. The molecule has 0 bridgehead atoms. The number of H-pyrrole nitrogens is 1. The number of aromatic amines is 1. The summed E-state index contributed by atoms with van der Waals surface area (Å²) in [5.41, 5.74) is 1.41. The molecule has 5 nitrogen and oxygen atoms in total. The molecule has 0 radical (unpaired) electrons. The molecule has 0 atom stereocenters. The van der Waals surface area contributed by atoms with Crippen molar-refractivity contribution in [1.82, 2.24) is 20.0 Å². The van der Waals surface area contributed by atoms with E-state index in [0.717, 1.165) is 42.7 Å². The van der Waals surface area contributed by atoms with Gasteiger partial charge in [0.2, 0.25) is 0 Å². The van der Waals surface area contributed by atoms with E-state index < -0.39 is 0 Å². The van der Waals surface area contributed by atoms with E-state index in [1.807, 2.05) is 17.0 Å². The normalized spacial score (nSPS) is 19.3. The predicted molar refractivity (Wildman–Crippen MR) is 92.0 cm³/mol. The fourth-order valence-corrected chi connectivity index (χ4v) is 4.11. The van der Waals surface area contributed by atoms with Crippen LogP contribution in [0.2, 0.25) is 4.34 Å². The Bertz CT molecular complexity index is 701. The third-order valence-corrected chi connectivity index (χ3v) is 5.81. The highest BCUT2D eigenvalue weighted by molar-refractivity contribution is 7.19. The van der Waals surface area contributed by atoms with E-state index in [0.29, 0.717) is 9.90 Å². The van der Waals surface area contributed by atoms with Crippen LogP contribution in [0.4, 0.5) is 0 Å². The Balaban J connectivity index is 1.44. The van der Waals surface area contributed by atoms with E-state index in [1.165, 1.54) is 30.7 Å². The van der Waals surface area contributed by atoms with Crippen LogP contribution >= 0.6 is 22.9 Å². The van der Waals surface area contributed by atoms with Crippen LogP contribution in [0.15, 0.2) is 18.3 Å². The Morgan fingerprint density at radius 2 is 2.09 bits per heavy atom. The number of nitrogens with zero attached hydrogens (tertiary/aromatic N) is 3. The van der Waals surface area contributed by atoms with Crippen LogP contribution in [-0.2, 0) is 0 Å². The van der Waals surface area contributed by atoms with Gasteiger partial charge in [-0.05, 0) is 30.9 Å². The Kier molecular flexibility index (Phi) is 4.13. The first kappa shape index (κ1) is 15.2. The smallest absolute Gasteiger partial charge is 0.257 e. The van der Waals surface area contributed by atoms with Crippen LogP contribution in [0.5, 0.6) is 0 Å². The maximum Gasteiger partial charge on any atom is 0.257 e. The number of aromatic nitrogens is 2. The third-order valence-electron chi connectivity index (χ3n) is 4.56. The largest absolute Gasteiger partial charge is 0.336 e. The highest BCUT2D eigenvalue weighted by Crippen LogP contribution is 2.32. The van der Waals surface area contributed by atoms with Crippen LogP contribution in [-0.4, -0.2) is 58.6 Å². The lowest BCUT2D eigenvalue weighted by molar-refractivity contribution is 0.0633. The molecule has 0 spiro atoms. The number of rotatable bonds is 4. The zero-order valence-corrected chi connectivity index (χ0v) is 14.4. The Morgan fingerprint density at radius 1 is 1.30 bits per heavy atom. The summed E-state index contributed by atoms with van der Waals surface area (Å²) in [6.07, 6.45) is 4.38. The number of carbonyl (C=O) groups excluding carboxylic acids is 1. The van der Waals surface area contributed by atoms with Crippen molar-refractivity contribution < 1.29 is 4.79 Å². The van der Waals surface area contributed by atoms with Gasteiger partial charge in [0.1, 0.15) is 0 Å². The Morgan fingerprint density at radius 3 is 2.74 bits per heavy atom. The topological polar surface area (TPSA) is 52.2 Å². The van der Waals surface area contributed by atoms with Gasteiger partial charge in [0.15, 0.2) is 0 Å². The van der Waals surface area contributed by atoms with Crippen molar-refractivity contribution in [3.8, 4) is 10.6 Å². The molecule has 1 saturated heterocycles. The van der Waals surface area contributed by atoms with Crippen molar-refractivity contribution in [3.63, 3.8) is 0 Å². The number of hydrogen-bond donors (Lipinski definition) is 1. The average molecular weight is 351 g/mol. The molecular weight excluding hydrogens is 332 g/mol. The van der Waals surface area contributed by atoms with Gasteiger partial charge in [-0.2, -0.15) is 5.10 Å². The van der Waals surface area contributed by atoms with Crippen molar-refractivity contribution in [2.75, 3.05) is 32.7 Å². The SMILES string of the molecule is O=C(c1cn[nH]c1-c1ccc(Cl)s1)N1CCN(CC2CC2)CC1. The first-order valence-electron chi connectivity index (χ1n) is 8.01. The molecule has 7 heteroatoms. The van der Waals surface area contributed by atoms with Crippen molar-refractivity contribution in [2.45, 2.75) is 12.8 Å². The number of amides is 1. The molecule has 2 aliphatic rings. The molecule has 1 amide bonds. The highest BCUT2D eigenvalue weighted by Gasteiger charge is 2.29. The average Bonchev–Trinajstić information content (AvgIpc) is 3.07. The van der Waals surface area contributed by atoms with Crippen LogP contribution in [0, 0.1) is 5.92 Å². The van der Waals surface area contributed by atoms with E-state index in [2.05, 4.69) is 15.1 Å². The van der Waals surface area contributed by atoms with Gasteiger partial charge in [-0.3, -0.25) is 14.8 Å². The quantitative estimate of drug-likeness (QED) is 0.922. The van der Waals surface area contributed by atoms with Crippen LogP contribution < -0.4 is 0 Å². The molecular formula is C16H19ClN4OS. The van der Waals surface area contributed by atoms with Gasteiger partial charge in [-0.25, -0.2) is 0 Å². The molecule has 1 aliphatic heterocycles. The summed E-state index contributed by atoms with van der Waals surface area (Å²) in [6, 6.07) is 3.76. The van der Waals surface area contributed by atoms with E-state index in [4.69, 9.17) is 11.6 Å². The van der Waals surface area contributed by atoms with Gasteiger partial charge >= 0.3 is 0 Å². The lowest BCUT2D eigenvalue weighted by Crippen LogP contribution is -2.49. The molecule has 4 rings (SSSR count). The maximum absolute atomic E-state index is 12.8. The van der Waals surface area contributed by atoms with E-state index in [-0.39, 0.29) is 5.91 Å². The molecule has 23 heavy (non-hydrogen) atoms. The minimum atomic E-state index is 0.0596. The molecule has 1 aliphatic carbocycles. The van der Waals surface area contributed by atoms with Gasteiger partial charge in [-0.1, -0.05) is 11.6 Å². The third kappa shape index (κ3) is 3.29. The lowest BCUT2D eigenvalue weighted by atomic mass is 10.1. The van der Waals surface area contributed by atoms with Gasteiger partial charge in [0.05, 0.1) is 26.7 Å². The second kappa shape index (κ2) is 6.26. The fourth-order valence-electron chi connectivity index (χ4n) is 3.05. The Hall–Kier alpha value is -1.37. The second-order valence-corrected chi connectivity index (χ2v) is 8.01. The minimum Gasteiger partial charge on any atom is -0.336 e. The summed E-state index contributed by atoms with van der Waals surface area (Å²) in [4.78, 5) is 18.2. The maximum atomic E-state index is 12.8. The molecule has 122 valence electrons. The van der Waals surface area contributed by atoms with Crippen molar-refractivity contribution in [1.29, 1.82) is 0 Å². The summed E-state index contributed by atoms with van der Waals surface area (Å²) >= 11 is 7.46. The van der Waals surface area contributed by atoms with Crippen molar-refractivity contribution in [3.05, 3.63) is 28.2 Å². The fraction of sp³-hybridized carbons (Fsp3) is 0.500. The summed E-state index contributed by atoms with van der Waals surface area (Å²) in [7, 11) is 0. The summed E-state index contributed by atoms with van der Waals surface area (Å²) in [5.74, 6) is 0.964. The van der Waals surface area contributed by atoms with Gasteiger partial charge in [0.25, 0.3) is 5.91 Å². The van der Waals surface area contributed by atoms with E-state index in [9.17, 15) is 4.79 Å². The first-order chi connectivity index (χ1) is 11.2. The number of nitrogens with one attached hydrogen (secondary N) is 1. The molecule has 2 aromatic heterocycles. The van der Waals surface area contributed by atoms with Gasteiger partial charge < -0.3 is 4.90 Å². The lowest BCUT2D eigenvalue weighted by Gasteiger charge is -2.34. The molecule has 2 fully saturated rings. The van der Waals surface area contributed by atoms with Crippen LogP contribution in [0.25, 0.3) is 10.6 Å². The molecule has 0 unspecified atom stereocenters.